The van der Waals surface area contributed by atoms with E-state index in [2.05, 4.69) is 33.6 Å². The van der Waals surface area contributed by atoms with Crippen LogP contribution in [0, 0.1) is 25.2 Å². The van der Waals surface area contributed by atoms with Crippen molar-refractivity contribution in [1.82, 2.24) is 20.0 Å². The molecule has 1 N–H and O–H groups in total. The molecule has 0 bridgehead atoms. The van der Waals surface area contributed by atoms with Crippen molar-refractivity contribution in [3.63, 3.8) is 0 Å². The molecule has 0 fully saturated rings. The zero-order valence-electron chi connectivity index (χ0n) is 12.1. The Labute approximate surface area is 118 Å². The maximum Gasteiger partial charge on any atom is 0.167 e. The normalized spacial score (nSPS) is 13.6. The Bertz CT molecular complexity index is 626. The van der Waals surface area contributed by atoms with E-state index < -0.39 is 0 Å². The molecule has 0 saturated carbocycles. The second-order valence-electron chi connectivity index (χ2n) is 4.91. The van der Waals surface area contributed by atoms with Gasteiger partial charge in [-0.3, -0.25) is 4.68 Å². The summed E-state index contributed by atoms with van der Waals surface area (Å²) in [6.45, 7) is 7.83. The van der Waals surface area contributed by atoms with E-state index in [4.69, 9.17) is 0 Å². The molecule has 2 aromatic rings. The molecule has 0 aromatic carbocycles. The highest BCUT2D eigenvalue weighted by Gasteiger charge is 2.18. The monoisotopic (exact) mass is 270 g/mol. The number of hydrogen-bond acceptors (Lipinski definition) is 5. The molecule has 0 amide bonds. The van der Waals surface area contributed by atoms with E-state index in [0.717, 1.165) is 11.3 Å². The molecule has 2 atom stereocenters. The van der Waals surface area contributed by atoms with Gasteiger partial charge in [-0.25, -0.2) is 0 Å². The third-order valence-electron chi connectivity index (χ3n) is 3.60. The van der Waals surface area contributed by atoms with Gasteiger partial charge in [-0.05, 0) is 39.3 Å². The molecule has 0 aliphatic rings. The molecule has 0 aliphatic carbocycles. The lowest BCUT2D eigenvalue weighted by Crippen LogP contribution is -2.28. The first-order valence-corrected chi connectivity index (χ1v) is 6.54. The first-order chi connectivity index (χ1) is 9.54. The van der Waals surface area contributed by atoms with Crippen molar-refractivity contribution >= 4 is 5.82 Å². The maximum atomic E-state index is 9.28. The number of rotatable bonds is 4. The molecule has 0 aliphatic heterocycles. The number of nitrogens with one attached hydrogen (secondary N) is 1. The Hall–Kier alpha value is -2.42. The minimum absolute atomic E-state index is 0.0680. The summed E-state index contributed by atoms with van der Waals surface area (Å²) < 4.78 is 1.87. The van der Waals surface area contributed by atoms with Gasteiger partial charge in [0.05, 0.1) is 11.7 Å². The summed E-state index contributed by atoms with van der Waals surface area (Å²) in [5.41, 5.74) is 2.20. The summed E-state index contributed by atoms with van der Waals surface area (Å²) in [4.78, 5) is 0. The van der Waals surface area contributed by atoms with Crippen LogP contribution in [-0.4, -0.2) is 26.0 Å². The average Bonchev–Trinajstić information content (AvgIpc) is 2.96. The average molecular weight is 270 g/mol. The fraction of sp³-hybridized carbons (Fsp3) is 0.429. The molecule has 0 unspecified atom stereocenters. The Morgan fingerprint density at radius 3 is 2.65 bits per heavy atom. The number of hydrogen-bond donors (Lipinski definition) is 1. The lowest BCUT2D eigenvalue weighted by atomic mass is 10.1. The van der Waals surface area contributed by atoms with E-state index in [1.165, 1.54) is 0 Å². The maximum absolute atomic E-state index is 9.28. The fourth-order valence-corrected chi connectivity index (χ4v) is 1.93. The Balaban J connectivity index is 2.22. The molecule has 2 heterocycles. The number of nitrogens with zero attached hydrogens (tertiary/aromatic N) is 5. The van der Waals surface area contributed by atoms with Gasteiger partial charge in [-0.15, -0.1) is 5.10 Å². The molecule has 20 heavy (non-hydrogen) atoms. The summed E-state index contributed by atoms with van der Waals surface area (Å²) in [6.07, 6.45) is 3.67. The second-order valence-corrected chi connectivity index (χ2v) is 4.91. The first kappa shape index (κ1) is 14.0. The third-order valence-corrected chi connectivity index (χ3v) is 3.60. The molecule has 6 heteroatoms. The van der Waals surface area contributed by atoms with E-state index in [1.807, 2.05) is 37.7 Å². The van der Waals surface area contributed by atoms with Crippen LogP contribution in [0.1, 0.15) is 36.7 Å². The highest BCUT2D eigenvalue weighted by Crippen LogP contribution is 2.20. The summed E-state index contributed by atoms with van der Waals surface area (Å²) in [5, 5.41) is 24.9. The van der Waals surface area contributed by atoms with Gasteiger partial charge in [0.1, 0.15) is 11.6 Å². The predicted molar refractivity (Wildman–Crippen MR) is 76.2 cm³/mol. The van der Waals surface area contributed by atoms with Gasteiger partial charge in [-0.2, -0.15) is 15.5 Å². The van der Waals surface area contributed by atoms with Crippen molar-refractivity contribution in [3.8, 4) is 6.07 Å². The van der Waals surface area contributed by atoms with Crippen molar-refractivity contribution in [2.24, 2.45) is 0 Å². The van der Waals surface area contributed by atoms with E-state index in [-0.39, 0.29) is 12.1 Å². The summed E-state index contributed by atoms with van der Waals surface area (Å²) >= 11 is 0. The molecule has 6 nitrogen and oxygen atoms in total. The molecule has 0 radical (unpaired) electrons. The Kier molecular flexibility index (Phi) is 3.99. The number of anilines is 1. The Morgan fingerprint density at radius 1 is 1.30 bits per heavy atom. The largest absolute Gasteiger partial charge is 0.363 e. The fourth-order valence-electron chi connectivity index (χ4n) is 1.93. The molecule has 2 rings (SSSR count). The zero-order valence-corrected chi connectivity index (χ0v) is 12.1. The van der Waals surface area contributed by atoms with Crippen LogP contribution >= 0.6 is 0 Å². The molecular formula is C14H18N6. The number of aromatic nitrogens is 4. The molecule has 0 saturated heterocycles. The molecule has 0 spiro atoms. The van der Waals surface area contributed by atoms with Crippen molar-refractivity contribution in [3.05, 3.63) is 35.3 Å². The van der Waals surface area contributed by atoms with Crippen LogP contribution in [0.15, 0.2) is 18.5 Å². The minimum atomic E-state index is 0.0680. The first-order valence-electron chi connectivity index (χ1n) is 6.54. The van der Waals surface area contributed by atoms with Gasteiger partial charge in [0.2, 0.25) is 0 Å². The lowest BCUT2D eigenvalue weighted by molar-refractivity contribution is 0.442. The van der Waals surface area contributed by atoms with E-state index in [0.29, 0.717) is 11.4 Å². The SMILES string of the molecule is Cc1nnc(N[C@H](C)[C@H](C)n2cccn2)c(C#N)c1C. The molecule has 104 valence electrons. The lowest BCUT2D eigenvalue weighted by Gasteiger charge is -2.22. The summed E-state index contributed by atoms with van der Waals surface area (Å²) in [7, 11) is 0. The quantitative estimate of drug-likeness (QED) is 0.921. The highest BCUT2D eigenvalue weighted by atomic mass is 15.3. The molecule has 2 aromatic heterocycles. The van der Waals surface area contributed by atoms with Crippen LogP contribution in [-0.2, 0) is 0 Å². The van der Waals surface area contributed by atoms with Crippen molar-refractivity contribution < 1.29 is 0 Å². The number of nitriles is 1. The van der Waals surface area contributed by atoms with Gasteiger partial charge in [0, 0.05) is 18.4 Å². The van der Waals surface area contributed by atoms with Crippen molar-refractivity contribution in [2.45, 2.75) is 39.8 Å². The highest BCUT2D eigenvalue weighted by molar-refractivity contribution is 5.56. The topological polar surface area (TPSA) is 79.4 Å². The van der Waals surface area contributed by atoms with Gasteiger partial charge < -0.3 is 5.32 Å². The van der Waals surface area contributed by atoms with Crippen LogP contribution in [0.25, 0.3) is 0 Å². The van der Waals surface area contributed by atoms with E-state index in [1.54, 1.807) is 6.20 Å². The van der Waals surface area contributed by atoms with Crippen LogP contribution in [0.3, 0.4) is 0 Å². The minimum Gasteiger partial charge on any atom is -0.363 e. The van der Waals surface area contributed by atoms with E-state index >= 15 is 0 Å². The van der Waals surface area contributed by atoms with Crippen LogP contribution in [0.4, 0.5) is 5.82 Å². The second kappa shape index (κ2) is 5.70. The van der Waals surface area contributed by atoms with Crippen LogP contribution in [0.5, 0.6) is 0 Å². The zero-order chi connectivity index (χ0) is 14.7. The predicted octanol–water partition coefficient (Wildman–Crippen LogP) is 2.22. The van der Waals surface area contributed by atoms with Crippen molar-refractivity contribution in [2.75, 3.05) is 5.32 Å². The van der Waals surface area contributed by atoms with E-state index in [9.17, 15) is 5.26 Å². The summed E-state index contributed by atoms with van der Waals surface area (Å²) in [5.74, 6) is 0.530. The molecular weight excluding hydrogens is 252 g/mol. The number of aryl methyl sites for hydroxylation is 1. The van der Waals surface area contributed by atoms with Gasteiger partial charge >= 0.3 is 0 Å². The van der Waals surface area contributed by atoms with Crippen molar-refractivity contribution in [1.29, 1.82) is 5.26 Å². The van der Waals surface area contributed by atoms with Gasteiger partial charge in [-0.1, -0.05) is 0 Å². The summed E-state index contributed by atoms with van der Waals surface area (Å²) in [6, 6.07) is 4.29. The van der Waals surface area contributed by atoms with Gasteiger partial charge in [0.15, 0.2) is 5.82 Å². The van der Waals surface area contributed by atoms with Crippen LogP contribution in [0.2, 0.25) is 0 Å². The smallest absolute Gasteiger partial charge is 0.167 e. The third kappa shape index (κ3) is 2.62. The standard InChI is InChI=1S/C14H18N6/c1-9-10(2)18-19-14(13(9)8-15)17-11(3)12(4)20-7-5-6-16-20/h5-7,11-12H,1-4H3,(H,17,19)/t11-,12+/m1/s1. The van der Waals surface area contributed by atoms with Gasteiger partial charge in [0.25, 0.3) is 0 Å². The van der Waals surface area contributed by atoms with Crippen LogP contribution < -0.4 is 5.32 Å². The Morgan fingerprint density at radius 2 is 2.05 bits per heavy atom.